The maximum atomic E-state index is 12.8. The molecule has 24 heavy (non-hydrogen) atoms. The number of hydrogen-bond acceptors (Lipinski definition) is 4. The van der Waals surface area contributed by atoms with E-state index in [-0.39, 0.29) is 23.2 Å². The van der Waals surface area contributed by atoms with E-state index in [9.17, 15) is 13.2 Å². The fraction of sp³-hybridized carbons (Fsp3) is 0.562. The normalized spacial score (nSPS) is 19.0. The molecule has 1 amide bonds. The second kappa shape index (κ2) is 7.29. The lowest BCUT2D eigenvalue weighted by Gasteiger charge is -2.20. The van der Waals surface area contributed by atoms with Gasteiger partial charge in [0, 0.05) is 31.2 Å². The van der Waals surface area contributed by atoms with Crippen LogP contribution < -0.4 is 4.74 Å². The van der Waals surface area contributed by atoms with Crippen molar-refractivity contribution in [2.75, 3.05) is 32.8 Å². The number of hydrogen-bond donors (Lipinski definition) is 0. The third-order valence-corrected chi connectivity index (χ3v) is 6.55. The lowest BCUT2D eigenvalue weighted by atomic mass is 10.3. The van der Waals surface area contributed by atoms with Gasteiger partial charge in [0.2, 0.25) is 10.0 Å². The molecule has 0 bridgehead atoms. The summed E-state index contributed by atoms with van der Waals surface area (Å²) in [6, 6.07) is 4.48. The van der Waals surface area contributed by atoms with E-state index >= 15 is 0 Å². The fourth-order valence-corrected chi connectivity index (χ4v) is 4.98. The van der Waals surface area contributed by atoms with Crippen molar-refractivity contribution in [3.63, 3.8) is 0 Å². The molecule has 1 aromatic carbocycles. The molecule has 1 aromatic rings. The average Bonchev–Trinajstić information content (AvgIpc) is 3.26. The Kier molecular flexibility index (Phi) is 5.32. The van der Waals surface area contributed by atoms with Crippen LogP contribution in [0.25, 0.3) is 0 Å². The van der Waals surface area contributed by atoms with Gasteiger partial charge in [-0.3, -0.25) is 4.79 Å². The van der Waals surface area contributed by atoms with Crippen molar-refractivity contribution in [1.82, 2.24) is 9.21 Å². The van der Waals surface area contributed by atoms with Crippen LogP contribution in [0.1, 0.15) is 25.7 Å². The summed E-state index contributed by atoms with van der Waals surface area (Å²) < 4.78 is 32.6. The zero-order valence-electron chi connectivity index (χ0n) is 13.4. The van der Waals surface area contributed by atoms with Gasteiger partial charge in [-0.2, -0.15) is 4.31 Å². The topological polar surface area (TPSA) is 66.9 Å². The Morgan fingerprint density at radius 2 is 1.71 bits per heavy atom. The summed E-state index contributed by atoms with van der Waals surface area (Å²) in [4.78, 5) is 13.9. The maximum Gasteiger partial charge on any atom is 0.260 e. The summed E-state index contributed by atoms with van der Waals surface area (Å²) in [5.74, 6) is 0.0609. The monoisotopic (exact) mass is 372 g/mol. The number of amides is 1. The molecular formula is C16H21ClN2O4S. The Balaban J connectivity index is 1.79. The quantitative estimate of drug-likeness (QED) is 0.794. The molecule has 0 spiro atoms. The van der Waals surface area contributed by atoms with E-state index < -0.39 is 10.0 Å². The Morgan fingerprint density at radius 1 is 1.08 bits per heavy atom. The van der Waals surface area contributed by atoms with Crippen molar-refractivity contribution in [3.8, 4) is 5.75 Å². The van der Waals surface area contributed by atoms with Crippen LogP contribution in [0.15, 0.2) is 23.1 Å². The Morgan fingerprint density at radius 3 is 2.38 bits per heavy atom. The zero-order chi connectivity index (χ0) is 17.2. The number of sulfonamides is 1. The standard InChI is InChI=1S/C16H21ClN2O4S/c17-13-5-6-14(23-12-16(20)18-7-1-2-8-18)15(11-13)24(21,22)19-9-3-4-10-19/h5-6,11H,1-4,7-10,12H2. The van der Waals surface area contributed by atoms with Gasteiger partial charge in [-0.25, -0.2) is 8.42 Å². The second-order valence-electron chi connectivity index (χ2n) is 6.08. The van der Waals surface area contributed by atoms with Crippen molar-refractivity contribution in [3.05, 3.63) is 23.2 Å². The number of likely N-dealkylation sites (tertiary alicyclic amines) is 1. The molecule has 0 radical (unpaired) electrons. The van der Waals surface area contributed by atoms with E-state index in [1.807, 2.05) is 0 Å². The zero-order valence-corrected chi connectivity index (χ0v) is 15.0. The van der Waals surface area contributed by atoms with E-state index in [0.717, 1.165) is 38.8 Å². The van der Waals surface area contributed by atoms with Gasteiger partial charge >= 0.3 is 0 Å². The first-order valence-electron chi connectivity index (χ1n) is 8.19. The first kappa shape index (κ1) is 17.5. The molecule has 2 fully saturated rings. The van der Waals surface area contributed by atoms with Gasteiger partial charge in [0.25, 0.3) is 5.91 Å². The lowest BCUT2D eigenvalue weighted by Crippen LogP contribution is -2.33. The number of ether oxygens (including phenoxy) is 1. The molecule has 0 N–H and O–H groups in total. The fourth-order valence-electron chi connectivity index (χ4n) is 3.07. The summed E-state index contributed by atoms with van der Waals surface area (Å²) in [7, 11) is -3.66. The highest BCUT2D eigenvalue weighted by Gasteiger charge is 2.30. The number of rotatable bonds is 5. The molecule has 2 saturated heterocycles. The number of carbonyl (C=O) groups excluding carboxylic acids is 1. The second-order valence-corrected chi connectivity index (χ2v) is 8.42. The number of carbonyl (C=O) groups is 1. The van der Waals surface area contributed by atoms with Crippen LogP contribution >= 0.6 is 11.6 Å². The molecule has 0 unspecified atom stereocenters. The molecule has 0 saturated carbocycles. The molecule has 2 heterocycles. The predicted molar refractivity (Wildman–Crippen MR) is 90.8 cm³/mol. The van der Waals surface area contributed by atoms with Crippen molar-refractivity contribution in [1.29, 1.82) is 0 Å². The summed E-state index contributed by atoms with van der Waals surface area (Å²) in [5, 5.41) is 0.325. The third kappa shape index (κ3) is 3.68. The molecule has 0 aromatic heterocycles. The van der Waals surface area contributed by atoms with E-state index in [1.165, 1.54) is 16.4 Å². The van der Waals surface area contributed by atoms with E-state index in [4.69, 9.17) is 16.3 Å². The van der Waals surface area contributed by atoms with Gasteiger partial charge < -0.3 is 9.64 Å². The molecule has 2 aliphatic rings. The SMILES string of the molecule is O=C(COc1ccc(Cl)cc1S(=O)(=O)N1CCCC1)N1CCCC1. The van der Waals surface area contributed by atoms with Crippen LogP contribution in [0, 0.1) is 0 Å². The maximum absolute atomic E-state index is 12.8. The van der Waals surface area contributed by atoms with Crippen LogP contribution in [0.3, 0.4) is 0 Å². The predicted octanol–water partition coefficient (Wildman–Crippen LogP) is 2.13. The first-order chi connectivity index (χ1) is 11.5. The largest absolute Gasteiger partial charge is 0.482 e. The highest BCUT2D eigenvalue weighted by molar-refractivity contribution is 7.89. The molecule has 2 aliphatic heterocycles. The van der Waals surface area contributed by atoms with Crippen molar-refractivity contribution in [2.45, 2.75) is 30.6 Å². The van der Waals surface area contributed by atoms with E-state index in [2.05, 4.69) is 0 Å². The number of halogens is 1. The number of benzene rings is 1. The third-order valence-electron chi connectivity index (χ3n) is 4.40. The minimum atomic E-state index is -3.66. The van der Waals surface area contributed by atoms with Crippen LogP contribution in [-0.4, -0.2) is 56.3 Å². The average molecular weight is 373 g/mol. The smallest absolute Gasteiger partial charge is 0.260 e. The first-order valence-corrected chi connectivity index (χ1v) is 10.0. The van der Waals surface area contributed by atoms with Crippen molar-refractivity contribution >= 4 is 27.5 Å². The molecule has 3 rings (SSSR count). The van der Waals surface area contributed by atoms with E-state index in [0.29, 0.717) is 18.1 Å². The van der Waals surface area contributed by atoms with Crippen molar-refractivity contribution in [2.24, 2.45) is 0 Å². The lowest BCUT2D eigenvalue weighted by molar-refractivity contribution is -0.132. The Bertz CT molecular complexity index is 711. The van der Waals surface area contributed by atoms with Gasteiger partial charge in [0.15, 0.2) is 6.61 Å². The van der Waals surface area contributed by atoms with Gasteiger partial charge in [0.1, 0.15) is 10.6 Å². The molecular weight excluding hydrogens is 352 g/mol. The Labute approximate surface area is 147 Å². The van der Waals surface area contributed by atoms with E-state index in [1.54, 1.807) is 11.0 Å². The summed E-state index contributed by atoms with van der Waals surface area (Å²) in [6.45, 7) is 2.32. The van der Waals surface area contributed by atoms with Gasteiger partial charge in [-0.05, 0) is 43.9 Å². The molecule has 6 nitrogen and oxygen atoms in total. The highest BCUT2D eigenvalue weighted by atomic mass is 35.5. The van der Waals surface area contributed by atoms with Crippen LogP contribution in [0.5, 0.6) is 5.75 Å². The molecule has 0 aliphatic carbocycles. The van der Waals surface area contributed by atoms with Crippen molar-refractivity contribution < 1.29 is 17.9 Å². The summed E-state index contributed by atoms with van der Waals surface area (Å²) in [5.41, 5.74) is 0. The van der Waals surface area contributed by atoms with Crippen LogP contribution in [0.2, 0.25) is 5.02 Å². The molecule has 132 valence electrons. The minimum absolute atomic E-state index is 0.0334. The summed E-state index contributed by atoms with van der Waals surface area (Å²) >= 11 is 5.98. The highest BCUT2D eigenvalue weighted by Crippen LogP contribution is 2.31. The number of nitrogens with zero attached hydrogens (tertiary/aromatic N) is 2. The van der Waals surface area contributed by atoms with Crippen LogP contribution in [0.4, 0.5) is 0 Å². The Hall–Kier alpha value is -1.31. The molecule has 8 heteroatoms. The molecule has 0 atom stereocenters. The van der Waals surface area contributed by atoms with Gasteiger partial charge in [-0.1, -0.05) is 11.6 Å². The summed E-state index contributed by atoms with van der Waals surface area (Å²) in [6.07, 6.45) is 3.70. The van der Waals surface area contributed by atoms with Gasteiger partial charge in [0.05, 0.1) is 0 Å². The van der Waals surface area contributed by atoms with Crippen LogP contribution in [-0.2, 0) is 14.8 Å². The minimum Gasteiger partial charge on any atom is -0.482 e. The van der Waals surface area contributed by atoms with Gasteiger partial charge in [-0.15, -0.1) is 0 Å².